The maximum atomic E-state index is 13.0. The molecule has 0 spiro atoms. The van der Waals surface area contributed by atoms with Crippen molar-refractivity contribution in [2.45, 2.75) is 13.0 Å². The number of ether oxygens (including phenoxy) is 2. The van der Waals surface area contributed by atoms with Gasteiger partial charge in [0.15, 0.2) is 0 Å². The van der Waals surface area contributed by atoms with Crippen LogP contribution in [0.1, 0.15) is 17.3 Å². The SMILES string of the molecule is COc1ccc(N2CCN(C(=O)c3ccc(Br)cc3)C(C)C2=O)c(OC)c1. The molecule has 1 fully saturated rings. The number of hydrogen-bond acceptors (Lipinski definition) is 4. The van der Waals surface area contributed by atoms with Gasteiger partial charge in [-0.1, -0.05) is 15.9 Å². The molecule has 2 amide bonds. The van der Waals surface area contributed by atoms with Crippen LogP contribution in [-0.4, -0.2) is 50.1 Å². The number of piperazine rings is 1. The molecule has 3 rings (SSSR count). The van der Waals surface area contributed by atoms with E-state index in [-0.39, 0.29) is 11.8 Å². The number of anilines is 1. The smallest absolute Gasteiger partial charge is 0.254 e. The number of benzene rings is 2. The van der Waals surface area contributed by atoms with E-state index in [2.05, 4.69) is 15.9 Å². The molecule has 0 bridgehead atoms. The molecule has 1 saturated heterocycles. The first-order valence-electron chi connectivity index (χ1n) is 8.56. The average molecular weight is 433 g/mol. The Balaban J connectivity index is 1.82. The van der Waals surface area contributed by atoms with Gasteiger partial charge in [-0.3, -0.25) is 9.59 Å². The van der Waals surface area contributed by atoms with Crippen molar-refractivity contribution in [3.63, 3.8) is 0 Å². The lowest BCUT2D eigenvalue weighted by atomic mass is 10.1. The van der Waals surface area contributed by atoms with Gasteiger partial charge in [0.1, 0.15) is 17.5 Å². The summed E-state index contributed by atoms with van der Waals surface area (Å²) in [7, 11) is 3.13. The van der Waals surface area contributed by atoms with Gasteiger partial charge >= 0.3 is 0 Å². The van der Waals surface area contributed by atoms with Gasteiger partial charge in [0.05, 0.1) is 19.9 Å². The van der Waals surface area contributed by atoms with Crippen molar-refractivity contribution >= 4 is 33.4 Å². The Kier molecular flexibility index (Phi) is 5.70. The number of hydrogen-bond donors (Lipinski definition) is 0. The lowest BCUT2D eigenvalue weighted by Gasteiger charge is -2.39. The van der Waals surface area contributed by atoms with Crippen molar-refractivity contribution in [2.24, 2.45) is 0 Å². The standard InChI is InChI=1S/C20H21BrN2O4/c1-13-19(24)23(17-9-8-16(26-2)12-18(17)27-3)11-10-22(13)20(25)14-4-6-15(21)7-5-14/h4-9,12-13H,10-11H2,1-3H3. The van der Waals surface area contributed by atoms with Crippen molar-refractivity contribution in [2.75, 3.05) is 32.2 Å². The third-order valence-corrected chi connectivity index (χ3v) is 5.21. The predicted molar refractivity (Wildman–Crippen MR) is 107 cm³/mol. The Morgan fingerprint density at radius 3 is 2.41 bits per heavy atom. The summed E-state index contributed by atoms with van der Waals surface area (Å²) in [4.78, 5) is 29.1. The number of methoxy groups -OCH3 is 2. The van der Waals surface area contributed by atoms with Crippen LogP contribution in [0.3, 0.4) is 0 Å². The average Bonchev–Trinajstić information content (AvgIpc) is 2.69. The van der Waals surface area contributed by atoms with Crippen molar-refractivity contribution in [1.29, 1.82) is 0 Å². The van der Waals surface area contributed by atoms with Gasteiger partial charge in [0.2, 0.25) is 5.91 Å². The third-order valence-electron chi connectivity index (χ3n) is 4.69. The maximum Gasteiger partial charge on any atom is 0.254 e. The van der Waals surface area contributed by atoms with Gasteiger partial charge in [-0.25, -0.2) is 0 Å². The number of halogens is 1. The van der Waals surface area contributed by atoms with Gasteiger partial charge in [-0.15, -0.1) is 0 Å². The lowest BCUT2D eigenvalue weighted by molar-refractivity contribution is -0.124. The molecule has 7 heteroatoms. The Labute approximate surface area is 166 Å². The summed E-state index contributed by atoms with van der Waals surface area (Å²) in [6, 6.07) is 11.9. The molecule has 2 aromatic carbocycles. The predicted octanol–water partition coefficient (Wildman–Crippen LogP) is 3.34. The van der Waals surface area contributed by atoms with Crippen LogP contribution in [0.15, 0.2) is 46.9 Å². The monoisotopic (exact) mass is 432 g/mol. The summed E-state index contributed by atoms with van der Waals surface area (Å²) in [6.07, 6.45) is 0. The van der Waals surface area contributed by atoms with E-state index >= 15 is 0 Å². The van der Waals surface area contributed by atoms with E-state index in [0.29, 0.717) is 35.8 Å². The van der Waals surface area contributed by atoms with Gasteiger partial charge < -0.3 is 19.3 Å². The number of carbonyl (C=O) groups excluding carboxylic acids is 2. The van der Waals surface area contributed by atoms with Gasteiger partial charge in [-0.2, -0.15) is 0 Å². The molecule has 1 aliphatic heterocycles. The second-order valence-corrected chi connectivity index (χ2v) is 7.12. The zero-order valence-electron chi connectivity index (χ0n) is 15.4. The molecule has 27 heavy (non-hydrogen) atoms. The van der Waals surface area contributed by atoms with Crippen molar-refractivity contribution in [3.05, 3.63) is 52.5 Å². The van der Waals surface area contributed by atoms with E-state index in [4.69, 9.17) is 9.47 Å². The van der Waals surface area contributed by atoms with Crippen molar-refractivity contribution in [3.8, 4) is 11.5 Å². The van der Waals surface area contributed by atoms with Crippen LogP contribution < -0.4 is 14.4 Å². The molecule has 0 radical (unpaired) electrons. The van der Waals surface area contributed by atoms with Crippen molar-refractivity contribution < 1.29 is 19.1 Å². The molecular formula is C20H21BrN2O4. The van der Waals surface area contributed by atoms with Crippen LogP contribution in [0, 0.1) is 0 Å². The summed E-state index contributed by atoms with van der Waals surface area (Å²) >= 11 is 3.36. The highest BCUT2D eigenvalue weighted by molar-refractivity contribution is 9.10. The van der Waals surface area contributed by atoms with Gasteiger partial charge in [0, 0.05) is 29.2 Å². The molecule has 0 aromatic heterocycles. The quantitative estimate of drug-likeness (QED) is 0.742. The van der Waals surface area contributed by atoms with Gasteiger partial charge in [-0.05, 0) is 43.3 Å². The van der Waals surface area contributed by atoms with Crippen molar-refractivity contribution in [1.82, 2.24) is 4.90 Å². The van der Waals surface area contributed by atoms with E-state index in [1.165, 1.54) is 0 Å². The molecule has 1 atom stereocenters. The van der Waals surface area contributed by atoms with E-state index in [0.717, 1.165) is 4.47 Å². The van der Waals surface area contributed by atoms with Crippen LogP contribution >= 0.6 is 15.9 Å². The minimum atomic E-state index is -0.568. The highest BCUT2D eigenvalue weighted by Gasteiger charge is 2.36. The topological polar surface area (TPSA) is 59.1 Å². The summed E-state index contributed by atoms with van der Waals surface area (Å²) in [6.45, 7) is 2.59. The zero-order chi connectivity index (χ0) is 19.6. The summed E-state index contributed by atoms with van der Waals surface area (Å²) in [5.74, 6) is 0.919. The van der Waals surface area contributed by atoms with Crippen LogP contribution in [0.4, 0.5) is 5.69 Å². The first-order valence-corrected chi connectivity index (χ1v) is 9.35. The second kappa shape index (κ2) is 8.00. The number of nitrogens with zero attached hydrogens (tertiary/aromatic N) is 2. The van der Waals surface area contributed by atoms with Crippen LogP contribution in [0.2, 0.25) is 0 Å². The zero-order valence-corrected chi connectivity index (χ0v) is 17.0. The summed E-state index contributed by atoms with van der Waals surface area (Å²) < 4.78 is 11.5. The summed E-state index contributed by atoms with van der Waals surface area (Å²) in [5.41, 5.74) is 1.24. The minimum Gasteiger partial charge on any atom is -0.497 e. The van der Waals surface area contributed by atoms with Crippen LogP contribution in [0.5, 0.6) is 11.5 Å². The molecule has 0 N–H and O–H groups in total. The van der Waals surface area contributed by atoms with Crippen LogP contribution in [0.25, 0.3) is 0 Å². The molecule has 6 nitrogen and oxygen atoms in total. The molecule has 1 aliphatic rings. The van der Waals surface area contributed by atoms with E-state index in [1.54, 1.807) is 61.3 Å². The Bertz CT molecular complexity index is 854. The fraction of sp³-hybridized carbons (Fsp3) is 0.300. The minimum absolute atomic E-state index is 0.143. The molecule has 0 aliphatic carbocycles. The first kappa shape index (κ1) is 19.2. The Hall–Kier alpha value is -2.54. The molecule has 0 saturated carbocycles. The van der Waals surface area contributed by atoms with Crippen LogP contribution in [-0.2, 0) is 4.79 Å². The largest absolute Gasteiger partial charge is 0.497 e. The third kappa shape index (κ3) is 3.78. The second-order valence-electron chi connectivity index (χ2n) is 6.21. The number of amides is 2. The summed E-state index contributed by atoms with van der Waals surface area (Å²) in [5, 5.41) is 0. The molecular weight excluding hydrogens is 412 g/mol. The molecule has 142 valence electrons. The number of carbonyl (C=O) groups is 2. The fourth-order valence-corrected chi connectivity index (χ4v) is 3.42. The fourth-order valence-electron chi connectivity index (χ4n) is 3.15. The Morgan fingerprint density at radius 1 is 1.07 bits per heavy atom. The van der Waals surface area contributed by atoms with Gasteiger partial charge in [0.25, 0.3) is 5.91 Å². The highest BCUT2D eigenvalue weighted by atomic mass is 79.9. The lowest BCUT2D eigenvalue weighted by Crippen LogP contribution is -2.57. The van der Waals surface area contributed by atoms with E-state index in [1.807, 2.05) is 12.1 Å². The highest BCUT2D eigenvalue weighted by Crippen LogP contribution is 2.34. The molecule has 1 heterocycles. The number of rotatable bonds is 4. The maximum absolute atomic E-state index is 13.0. The first-order chi connectivity index (χ1) is 13.0. The Morgan fingerprint density at radius 2 is 1.78 bits per heavy atom. The molecule has 1 unspecified atom stereocenters. The van der Waals surface area contributed by atoms with E-state index < -0.39 is 6.04 Å². The molecule has 2 aromatic rings. The normalized spacial score (nSPS) is 17.0. The van der Waals surface area contributed by atoms with E-state index in [9.17, 15) is 9.59 Å².